The van der Waals surface area contributed by atoms with Crippen molar-refractivity contribution in [3.05, 3.63) is 40.4 Å². The Morgan fingerprint density at radius 2 is 2.19 bits per heavy atom. The predicted molar refractivity (Wildman–Crippen MR) is 67.2 cm³/mol. The van der Waals surface area contributed by atoms with E-state index < -0.39 is 0 Å². The fraction of sp³-hybridized carbons (Fsp3) is 0.182. The van der Waals surface area contributed by atoms with Crippen LogP contribution in [0.3, 0.4) is 0 Å². The largest absolute Gasteiger partial charge is 0.492 e. The number of rotatable bonds is 4. The van der Waals surface area contributed by atoms with E-state index in [-0.39, 0.29) is 0 Å². The molecular formula is C11H11ClN2OS. The number of nitrogens with zero attached hydrogens (tertiary/aromatic N) is 1. The molecule has 0 spiro atoms. The molecule has 0 saturated carbocycles. The minimum Gasteiger partial charge on any atom is -0.492 e. The lowest BCUT2D eigenvalue weighted by Gasteiger charge is -2.06. The van der Waals surface area contributed by atoms with Crippen molar-refractivity contribution in [1.29, 1.82) is 0 Å². The lowest BCUT2D eigenvalue weighted by molar-refractivity contribution is 0.321. The Morgan fingerprint density at radius 1 is 1.38 bits per heavy atom. The van der Waals surface area contributed by atoms with Crippen molar-refractivity contribution in [1.82, 2.24) is 4.98 Å². The number of anilines is 1. The van der Waals surface area contributed by atoms with E-state index in [9.17, 15) is 0 Å². The van der Waals surface area contributed by atoms with Gasteiger partial charge in [-0.1, -0.05) is 23.7 Å². The Hall–Kier alpha value is -1.26. The van der Waals surface area contributed by atoms with Crippen molar-refractivity contribution in [2.75, 3.05) is 12.3 Å². The monoisotopic (exact) mass is 254 g/mol. The fourth-order valence-corrected chi connectivity index (χ4v) is 2.05. The number of nitrogen functional groups attached to an aromatic ring is 1. The smallest absolute Gasteiger partial charge is 0.180 e. The highest BCUT2D eigenvalue weighted by Crippen LogP contribution is 2.23. The van der Waals surface area contributed by atoms with Crippen LogP contribution in [-0.2, 0) is 6.42 Å². The number of ether oxygens (including phenoxy) is 1. The van der Waals surface area contributed by atoms with Gasteiger partial charge in [-0.2, -0.15) is 0 Å². The third kappa shape index (κ3) is 2.87. The van der Waals surface area contributed by atoms with Gasteiger partial charge in [-0.05, 0) is 12.1 Å². The Bertz CT molecular complexity index is 473. The van der Waals surface area contributed by atoms with E-state index in [0.717, 1.165) is 12.1 Å². The van der Waals surface area contributed by atoms with Gasteiger partial charge in [-0.3, -0.25) is 0 Å². The quantitative estimate of drug-likeness (QED) is 0.913. The van der Waals surface area contributed by atoms with Crippen LogP contribution in [0.25, 0.3) is 0 Å². The highest BCUT2D eigenvalue weighted by Gasteiger charge is 2.02. The molecule has 2 rings (SSSR count). The van der Waals surface area contributed by atoms with E-state index in [0.29, 0.717) is 22.5 Å². The summed E-state index contributed by atoms with van der Waals surface area (Å²) in [6.45, 7) is 0.549. The van der Waals surface area contributed by atoms with Crippen molar-refractivity contribution in [2.45, 2.75) is 6.42 Å². The van der Waals surface area contributed by atoms with Gasteiger partial charge >= 0.3 is 0 Å². The summed E-state index contributed by atoms with van der Waals surface area (Å²) in [4.78, 5) is 4.15. The number of hydrogen-bond acceptors (Lipinski definition) is 4. The topological polar surface area (TPSA) is 48.1 Å². The normalized spacial score (nSPS) is 10.3. The van der Waals surface area contributed by atoms with Gasteiger partial charge < -0.3 is 10.5 Å². The first-order valence-electron chi connectivity index (χ1n) is 4.83. The summed E-state index contributed by atoms with van der Waals surface area (Å²) in [6.07, 6.45) is 0.735. The number of para-hydroxylation sites is 1. The first kappa shape index (κ1) is 11.2. The maximum atomic E-state index is 5.95. The van der Waals surface area contributed by atoms with Crippen LogP contribution in [0.1, 0.15) is 5.69 Å². The first-order valence-corrected chi connectivity index (χ1v) is 6.08. The van der Waals surface area contributed by atoms with Crippen molar-refractivity contribution in [3.63, 3.8) is 0 Å². The molecule has 1 aromatic heterocycles. The number of benzene rings is 1. The molecule has 1 heterocycles. The third-order valence-corrected chi connectivity index (χ3v) is 3.06. The van der Waals surface area contributed by atoms with Gasteiger partial charge in [0.15, 0.2) is 5.13 Å². The van der Waals surface area contributed by atoms with E-state index in [2.05, 4.69) is 4.98 Å². The van der Waals surface area contributed by atoms with Crippen LogP contribution in [0.2, 0.25) is 5.02 Å². The summed E-state index contributed by atoms with van der Waals surface area (Å²) in [5, 5.41) is 3.15. The van der Waals surface area contributed by atoms with Crippen LogP contribution in [0.5, 0.6) is 5.75 Å². The number of halogens is 1. The minimum atomic E-state index is 0.549. The van der Waals surface area contributed by atoms with E-state index in [4.69, 9.17) is 22.1 Å². The van der Waals surface area contributed by atoms with Gasteiger partial charge in [0, 0.05) is 11.8 Å². The molecule has 0 aliphatic heterocycles. The molecule has 2 aromatic rings. The fourth-order valence-electron chi connectivity index (χ4n) is 1.26. The standard InChI is InChI=1S/C11H11ClN2OS/c12-9-3-1-2-4-10(9)15-6-5-8-7-16-11(13)14-8/h1-4,7H,5-6H2,(H2,13,14). The summed E-state index contributed by atoms with van der Waals surface area (Å²) >= 11 is 7.39. The minimum absolute atomic E-state index is 0.549. The molecule has 0 bridgehead atoms. The molecule has 0 atom stereocenters. The highest BCUT2D eigenvalue weighted by molar-refractivity contribution is 7.13. The Morgan fingerprint density at radius 3 is 2.88 bits per heavy atom. The molecule has 16 heavy (non-hydrogen) atoms. The van der Waals surface area contributed by atoms with Gasteiger partial charge in [-0.25, -0.2) is 4.98 Å². The van der Waals surface area contributed by atoms with Crippen LogP contribution >= 0.6 is 22.9 Å². The van der Waals surface area contributed by atoms with Crippen molar-refractivity contribution in [2.24, 2.45) is 0 Å². The molecule has 0 unspecified atom stereocenters. The Labute approximate surface area is 103 Å². The SMILES string of the molecule is Nc1nc(CCOc2ccccc2Cl)cs1. The van der Waals surface area contributed by atoms with Gasteiger partial charge in [0.05, 0.1) is 17.3 Å². The first-order chi connectivity index (χ1) is 7.75. The summed E-state index contributed by atoms with van der Waals surface area (Å²) < 4.78 is 5.54. The van der Waals surface area contributed by atoms with Crippen LogP contribution in [-0.4, -0.2) is 11.6 Å². The molecule has 2 N–H and O–H groups in total. The number of aromatic nitrogens is 1. The maximum absolute atomic E-state index is 5.95. The molecule has 0 fully saturated rings. The molecule has 3 nitrogen and oxygen atoms in total. The number of nitrogens with two attached hydrogens (primary N) is 1. The van der Waals surface area contributed by atoms with Gasteiger partial charge in [0.25, 0.3) is 0 Å². The molecule has 0 aliphatic carbocycles. The third-order valence-electron chi connectivity index (χ3n) is 2.02. The second-order valence-corrected chi connectivity index (χ2v) is 4.50. The molecule has 5 heteroatoms. The molecule has 84 valence electrons. The average Bonchev–Trinajstić information content (AvgIpc) is 2.67. The van der Waals surface area contributed by atoms with Crippen molar-refractivity contribution >= 4 is 28.1 Å². The average molecular weight is 255 g/mol. The summed E-state index contributed by atoms with van der Waals surface area (Å²) in [7, 11) is 0. The van der Waals surface area contributed by atoms with Crippen molar-refractivity contribution < 1.29 is 4.74 Å². The summed E-state index contributed by atoms with van der Waals surface area (Å²) in [5.41, 5.74) is 6.48. The maximum Gasteiger partial charge on any atom is 0.180 e. The second-order valence-electron chi connectivity index (χ2n) is 3.21. The van der Waals surface area contributed by atoms with Gasteiger partial charge in [0.2, 0.25) is 0 Å². The second kappa shape index (κ2) is 5.18. The van der Waals surface area contributed by atoms with Crippen molar-refractivity contribution in [3.8, 4) is 5.75 Å². The van der Waals surface area contributed by atoms with Crippen LogP contribution in [0.15, 0.2) is 29.6 Å². The highest BCUT2D eigenvalue weighted by atomic mass is 35.5. The zero-order valence-electron chi connectivity index (χ0n) is 8.52. The van der Waals surface area contributed by atoms with Gasteiger partial charge in [-0.15, -0.1) is 11.3 Å². The number of thiazole rings is 1. The molecule has 0 aliphatic rings. The summed E-state index contributed by atoms with van der Waals surface area (Å²) in [5.74, 6) is 0.701. The zero-order chi connectivity index (χ0) is 11.4. The van der Waals surface area contributed by atoms with Crippen LogP contribution < -0.4 is 10.5 Å². The van der Waals surface area contributed by atoms with E-state index in [1.807, 2.05) is 23.6 Å². The Kier molecular flexibility index (Phi) is 3.64. The van der Waals surface area contributed by atoms with Gasteiger partial charge in [0.1, 0.15) is 5.75 Å². The molecule has 0 saturated heterocycles. The van der Waals surface area contributed by atoms with Crippen LogP contribution in [0, 0.1) is 0 Å². The van der Waals surface area contributed by atoms with E-state index >= 15 is 0 Å². The predicted octanol–water partition coefficient (Wildman–Crippen LogP) is 3.00. The molecule has 0 amide bonds. The lowest BCUT2D eigenvalue weighted by Crippen LogP contribution is -2.02. The molecular weight excluding hydrogens is 244 g/mol. The van der Waals surface area contributed by atoms with Crippen LogP contribution in [0.4, 0.5) is 5.13 Å². The number of hydrogen-bond donors (Lipinski definition) is 1. The lowest BCUT2D eigenvalue weighted by atomic mass is 10.3. The zero-order valence-corrected chi connectivity index (χ0v) is 10.1. The molecule has 1 aromatic carbocycles. The van der Waals surface area contributed by atoms with E-state index in [1.54, 1.807) is 6.07 Å². The van der Waals surface area contributed by atoms with E-state index in [1.165, 1.54) is 11.3 Å². The Balaban J connectivity index is 1.87. The molecule has 0 radical (unpaired) electrons. The summed E-state index contributed by atoms with van der Waals surface area (Å²) in [6, 6.07) is 7.41.